The molecular formula is C20H24O4. The zero-order chi connectivity index (χ0) is 17.6. The van der Waals surface area contributed by atoms with Crippen LogP contribution in [0.5, 0.6) is 0 Å². The van der Waals surface area contributed by atoms with Gasteiger partial charge in [0.15, 0.2) is 11.4 Å². The Morgan fingerprint density at radius 1 is 1.08 bits per heavy atom. The number of aliphatic hydroxyl groups excluding tert-OH is 2. The Balaban J connectivity index is 2.09. The lowest BCUT2D eigenvalue weighted by Gasteiger charge is -2.32. The Labute approximate surface area is 142 Å². The van der Waals surface area contributed by atoms with E-state index in [0.717, 1.165) is 16.7 Å². The molecule has 2 aromatic carbocycles. The van der Waals surface area contributed by atoms with Crippen LogP contribution >= 0.6 is 0 Å². The molecule has 4 nitrogen and oxygen atoms in total. The van der Waals surface area contributed by atoms with Crippen molar-refractivity contribution >= 4 is 5.78 Å². The van der Waals surface area contributed by atoms with Gasteiger partial charge < -0.3 is 14.9 Å². The smallest absolute Gasteiger partial charge is 0.192 e. The molecule has 0 saturated carbocycles. The van der Waals surface area contributed by atoms with Crippen molar-refractivity contribution < 1.29 is 19.7 Å². The summed E-state index contributed by atoms with van der Waals surface area (Å²) >= 11 is 0. The maximum Gasteiger partial charge on any atom is 0.192 e. The molecule has 2 rings (SSSR count). The van der Waals surface area contributed by atoms with Gasteiger partial charge in [-0.05, 0) is 30.0 Å². The third-order valence-electron chi connectivity index (χ3n) is 4.32. The second-order valence-corrected chi connectivity index (χ2v) is 5.96. The molecule has 0 amide bonds. The van der Waals surface area contributed by atoms with Crippen LogP contribution in [-0.4, -0.2) is 34.3 Å². The van der Waals surface area contributed by atoms with E-state index in [4.69, 9.17) is 9.84 Å². The summed E-state index contributed by atoms with van der Waals surface area (Å²) in [6.45, 7) is 2.83. The van der Waals surface area contributed by atoms with Crippen LogP contribution in [0, 0.1) is 0 Å². The summed E-state index contributed by atoms with van der Waals surface area (Å²) in [4.78, 5) is 12.0. The molecule has 0 aliphatic rings. The zero-order valence-electron chi connectivity index (χ0n) is 14.1. The molecule has 0 spiro atoms. The minimum Gasteiger partial charge on any atom is -0.390 e. The molecule has 0 unspecified atom stereocenters. The van der Waals surface area contributed by atoms with Gasteiger partial charge >= 0.3 is 0 Å². The maximum atomic E-state index is 12.0. The molecule has 0 heterocycles. The molecule has 0 fully saturated rings. The second-order valence-electron chi connectivity index (χ2n) is 5.96. The molecule has 2 aromatic rings. The summed E-state index contributed by atoms with van der Waals surface area (Å²) in [5, 5.41) is 19.2. The van der Waals surface area contributed by atoms with E-state index >= 15 is 0 Å². The van der Waals surface area contributed by atoms with Gasteiger partial charge in [-0.15, -0.1) is 0 Å². The van der Waals surface area contributed by atoms with E-state index < -0.39 is 24.1 Å². The molecule has 0 aliphatic heterocycles. The molecule has 0 aliphatic carbocycles. The summed E-state index contributed by atoms with van der Waals surface area (Å²) in [7, 11) is 0. The lowest BCUT2D eigenvalue weighted by atomic mass is 9.92. The topological polar surface area (TPSA) is 66.8 Å². The highest BCUT2D eigenvalue weighted by Crippen LogP contribution is 2.24. The van der Waals surface area contributed by atoms with Crippen molar-refractivity contribution in [2.24, 2.45) is 0 Å². The highest BCUT2D eigenvalue weighted by atomic mass is 16.5. The van der Waals surface area contributed by atoms with Crippen molar-refractivity contribution in [3.05, 3.63) is 60.2 Å². The molecular weight excluding hydrogens is 304 g/mol. The molecule has 4 heteroatoms. The predicted molar refractivity (Wildman–Crippen MR) is 93.5 cm³/mol. The monoisotopic (exact) mass is 328 g/mol. The van der Waals surface area contributed by atoms with Crippen molar-refractivity contribution in [1.29, 1.82) is 0 Å². The van der Waals surface area contributed by atoms with Crippen molar-refractivity contribution in [3.63, 3.8) is 0 Å². The number of ether oxygens (including phenoxy) is 1. The SMILES string of the molecule is CC[C@H](O)[C@](C)(OCc1ccc(-c2ccccc2)cc1)C(=O)CO. The Bertz CT molecular complexity index is 651. The third kappa shape index (κ3) is 4.09. The largest absolute Gasteiger partial charge is 0.390 e. The number of hydrogen-bond donors (Lipinski definition) is 2. The molecule has 128 valence electrons. The number of rotatable bonds is 8. The Hall–Kier alpha value is -2.01. The fourth-order valence-electron chi connectivity index (χ4n) is 2.57. The minimum atomic E-state index is -1.40. The van der Waals surface area contributed by atoms with Crippen molar-refractivity contribution in [2.45, 2.75) is 38.6 Å². The van der Waals surface area contributed by atoms with Crippen LogP contribution in [0.15, 0.2) is 54.6 Å². The third-order valence-corrected chi connectivity index (χ3v) is 4.32. The summed E-state index contributed by atoms with van der Waals surface area (Å²) in [6.07, 6.45) is -0.587. The van der Waals surface area contributed by atoms with Crippen LogP contribution < -0.4 is 0 Å². The lowest BCUT2D eigenvalue weighted by molar-refractivity contribution is -0.165. The second kappa shape index (κ2) is 8.20. The minimum absolute atomic E-state index is 0.189. The highest BCUT2D eigenvalue weighted by Gasteiger charge is 2.40. The fraction of sp³-hybridized carbons (Fsp3) is 0.350. The quantitative estimate of drug-likeness (QED) is 0.782. The van der Waals surface area contributed by atoms with E-state index in [1.54, 1.807) is 6.92 Å². The van der Waals surface area contributed by atoms with Gasteiger partial charge in [0.25, 0.3) is 0 Å². The summed E-state index contributed by atoms with van der Waals surface area (Å²) in [5.74, 6) is -0.516. The number of ketones is 1. The number of carbonyl (C=O) groups is 1. The number of hydrogen-bond acceptors (Lipinski definition) is 4. The van der Waals surface area contributed by atoms with Crippen LogP contribution in [0.25, 0.3) is 11.1 Å². The maximum absolute atomic E-state index is 12.0. The van der Waals surface area contributed by atoms with Gasteiger partial charge in [-0.3, -0.25) is 4.79 Å². The summed E-state index contributed by atoms with van der Waals surface area (Å²) in [6, 6.07) is 17.9. The van der Waals surface area contributed by atoms with Gasteiger partial charge in [-0.25, -0.2) is 0 Å². The van der Waals surface area contributed by atoms with E-state index in [2.05, 4.69) is 0 Å². The van der Waals surface area contributed by atoms with E-state index in [9.17, 15) is 9.90 Å². The van der Waals surface area contributed by atoms with E-state index in [-0.39, 0.29) is 6.61 Å². The van der Waals surface area contributed by atoms with Gasteiger partial charge in [0.05, 0.1) is 12.7 Å². The van der Waals surface area contributed by atoms with E-state index in [1.165, 1.54) is 6.92 Å². The molecule has 0 aromatic heterocycles. The van der Waals surface area contributed by atoms with Crippen molar-refractivity contribution in [2.75, 3.05) is 6.61 Å². The van der Waals surface area contributed by atoms with Crippen molar-refractivity contribution in [3.8, 4) is 11.1 Å². The number of carbonyl (C=O) groups excluding carboxylic acids is 1. The first-order chi connectivity index (χ1) is 11.5. The molecule has 2 N–H and O–H groups in total. The zero-order valence-corrected chi connectivity index (χ0v) is 14.1. The number of benzene rings is 2. The van der Waals surface area contributed by atoms with Gasteiger partial charge in [-0.1, -0.05) is 61.5 Å². The van der Waals surface area contributed by atoms with Gasteiger partial charge in [-0.2, -0.15) is 0 Å². The molecule has 24 heavy (non-hydrogen) atoms. The number of aliphatic hydroxyl groups is 2. The molecule has 0 bridgehead atoms. The van der Waals surface area contributed by atoms with Crippen LogP contribution in [0.1, 0.15) is 25.8 Å². The Kier molecular flexibility index (Phi) is 6.26. The number of Topliss-reactive ketones (excluding diaryl/α,β-unsaturated/α-hetero) is 1. The lowest BCUT2D eigenvalue weighted by Crippen LogP contribution is -2.50. The first-order valence-corrected chi connectivity index (χ1v) is 8.11. The average molecular weight is 328 g/mol. The van der Waals surface area contributed by atoms with Crippen LogP contribution in [0.4, 0.5) is 0 Å². The van der Waals surface area contributed by atoms with Crippen molar-refractivity contribution in [1.82, 2.24) is 0 Å². The molecule has 2 atom stereocenters. The Morgan fingerprint density at radius 3 is 2.21 bits per heavy atom. The van der Waals surface area contributed by atoms with Gasteiger partial charge in [0.1, 0.15) is 6.61 Å². The van der Waals surface area contributed by atoms with Crippen LogP contribution in [0.3, 0.4) is 0 Å². The van der Waals surface area contributed by atoms with Gasteiger partial charge in [0.2, 0.25) is 0 Å². The summed E-state index contributed by atoms with van der Waals surface area (Å²) < 4.78 is 5.71. The molecule has 0 radical (unpaired) electrons. The summed E-state index contributed by atoms with van der Waals surface area (Å²) in [5.41, 5.74) is 1.73. The van der Waals surface area contributed by atoms with Crippen LogP contribution in [0.2, 0.25) is 0 Å². The fourth-order valence-corrected chi connectivity index (χ4v) is 2.57. The predicted octanol–water partition coefficient (Wildman–Crippen LogP) is 2.96. The first kappa shape index (κ1) is 18.3. The highest BCUT2D eigenvalue weighted by molar-refractivity contribution is 5.88. The van der Waals surface area contributed by atoms with E-state index in [1.807, 2.05) is 54.6 Å². The van der Waals surface area contributed by atoms with Crippen LogP contribution in [-0.2, 0) is 16.1 Å². The van der Waals surface area contributed by atoms with Gasteiger partial charge in [0, 0.05) is 0 Å². The first-order valence-electron chi connectivity index (χ1n) is 8.11. The Morgan fingerprint density at radius 2 is 1.67 bits per heavy atom. The molecule has 0 saturated heterocycles. The average Bonchev–Trinajstić information content (AvgIpc) is 2.65. The normalized spacial score (nSPS) is 14.8. The standard InChI is InChI=1S/C20H24O4/c1-3-18(22)20(2,19(23)13-21)24-14-15-9-11-17(12-10-15)16-7-5-4-6-8-16/h4-12,18,21-22H,3,13-14H2,1-2H3/t18-,20-/m0/s1. The van der Waals surface area contributed by atoms with E-state index in [0.29, 0.717) is 6.42 Å².